The molecule has 88 valence electrons. The van der Waals surface area contributed by atoms with E-state index in [0.717, 1.165) is 21.2 Å². The third kappa shape index (κ3) is 2.22. The Balaban J connectivity index is 2.18. The Bertz CT molecular complexity index is 489. The molecule has 0 aliphatic rings. The summed E-state index contributed by atoms with van der Waals surface area (Å²) in [6.45, 7) is 4.04. The van der Waals surface area contributed by atoms with Gasteiger partial charge in [0.1, 0.15) is 0 Å². The summed E-state index contributed by atoms with van der Waals surface area (Å²) < 4.78 is 26.0. The zero-order chi connectivity index (χ0) is 11.7. The summed E-state index contributed by atoms with van der Waals surface area (Å²) in [6, 6.07) is 0. The van der Waals surface area contributed by atoms with Crippen LogP contribution in [0.4, 0.5) is 8.78 Å². The van der Waals surface area contributed by atoms with E-state index in [-0.39, 0.29) is 6.54 Å². The minimum absolute atomic E-state index is 0.282. The maximum absolute atomic E-state index is 12.0. The van der Waals surface area contributed by atoms with Crippen LogP contribution >= 0.6 is 11.3 Å². The second-order valence-electron chi connectivity index (χ2n) is 3.66. The molecule has 0 bridgehead atoms. The first-order valence-corrected chi connectivity index (χ1v) is 5.82. The lowest BCUT2D eigenvalue weighted by atomic mass is 10.3. The van der Waals surface area contributed by atoms with Gasteiger partial charge in [0.2, 0.25) is 0 Å². The van der Waals surface area contributed by atoms with E-state index in [0.29, 0.717) is 6.54 Å². The fourth-order valence-corrected chi connectivity index (χ4v) is 2.51. The Morgan fingerprint density at radius 3 is 2.94 bits per heavy atom. The molecule has 0 aliphatic carbocycles. The van der Waals surface area contributed by atoms with E-state index >= 15 is 0 Å². The van der Waals surface area contributed by atoms with Crippen molar-refractivity contribution in [2.45, 2.75) is 26.8 Å². The number of halogens is 2. The molecule has 0 aromatic carbocycles. The molecular formula is C10H13F2N3S. The van der Waals surface area contributed by atoms with Gasteiger partial charge in [-0.2, -0.15) is 0 Å². The first-order chi connectivity index (χ1) is 7.58. The molecule has 3 nitrogen and oxygen atoms in total. The number of rotatable bonds is 4. The molecular weight excluding hydrogens is 232 g/mol. The molecule has 0 amide bonds. The fourth-order valence-electron chi connectivity index (χ4n) is 1.62. The Morgan fingerprint density at radius 1 is 1.50 bits per heavy atom. The average molecular weight is 245 g/mol. The Labute approximate surface area is 96.1 Å². The van der Waals surface area contributed by atoms with E-state index in [9.17, 15) is 8.78 Å². The number of fused-ring (bicyclic) bond motifs is 1. The number of aromatic nitrogens is 2. The topological polar surface area (TPSA) is 29.3 Å². The zero-order valence-corrected chi connectivity index (χ0v) is 9.94. The van der Waals surface area contributed by atoms with Gasteiger partial charge >= 0.3 is 0 Å². The van der Waals surface area contributed by atoms with Crippen molar-refractivity contribution < 1.29 is 8.78 Å². The lowest BCUT2D eigenvalue weighted by molar-refractivity contribution is 0.145. The van der Waals surface area contributed by atoms with Crippen LogP contribution in [-0.2, 0) is 6.54 Å². The summed E-state index contributed by atoms with van der Waals surface area (Å²) in [5.41, 5.74) is 1.85. The average Bonchev–Trinajstić information content (AvgIpc) is 2.64. The van der Waals surface area contributed by atoms with Crippen molar-refractivity contribution in [1.82, 2.24) is 14.7 Å². The molecule has 0 saturated heterocycles. The molecule has 0 spiro atoms. The Hall–Kier alpha value is -1.01. The van der Waals surface area contributed by atoms with Crippen molar-refractivity contribution in [3.05, 3.63) is 22.5 Å². The largest absolute Gasteiger partial charge is 0.306 e. The summed E-state index contributed by atoms with van der Waals surface area (Å²) in [7, 11) is 0. The summed E-state index contributed by atoms with van der Waals surface area (Å²) in [5, 5.41) is 2.72. The van der Waals surface area contributed by atoms with Gasteiger partial charge in [-0.05, 0) is 13.8 Å². The van der Waals surface area contributed by atoms with Crippen molar-refractivity contribution in [3.63, 3.8) is 0 Å². The lowest BCUT2D eigenvalue weighted by Gasteiger charge is -2.03. The van der Waals surface area contributed by atoms with Crippen LogP contribution < -0.4 is 5.32 Å². The maximum atomic E-state index is 12.0. The van der Waals surface area contributed by atoms with Crippen LogP contribution in [0.15, 0.2) is 6.20 Å². The number of nitrogens with zero attached hydrogens (tertiary/aromatic N) is 2. The zero-order valence-electron chi connectivity index (χ0n) is 9.13. The number of aryl methyl sites for hydroxylation is 2. The molecule has 2 aromatic rings. The van der Waals surface area contributed by atoms with Crippen LogP contribution in [0.3, 0.4) is 0 Å². The van der Waals surface area contributed by atoms with Gasteiger partial charge in [0.25, 0.3) is 6.43 Å². The van der Waals surface area contributed by atoms with Gasteiger partial charge in [0.15, 0.2) is 4.96 Å². The van der Waals surface area contributed by atoms with Gasteiger partial charge in [0, 0.05) is 17.6 Å². The molecule has 6 heteroatoms. The Morgan fingerprint density at radius 2 is 2.25 bits per heavy atom. The van der Waals surface area contributed by atoms with Crippen LogP contribution in [0, 0.1) is 13.8 Å². The van der Waals surface area contributed by atoms with E-state index in [4.69, 9.17) is 0 Å². The van der Waals surface area contributed by atoms with E-state index in [1.165, 1.54) is 0 Å². The highest BCUT2D eigenvalue weighted by molar-refractivity contribution is 7.17. The van der Waals surface area contributed by atoms with Crippen molar-refractivity contribution in [2.75, 3.05) is 6.54 Å². The normalized spacial score (nSPS) is 11.8. The molecule has 0 saturated carbocycles. The first-order valence-electron chi connectivity index (χ1n) is 5.00. The molecule has 1 N–H and O–H groups in total. The number of hydrogen-bond acceptors (Lipinski definition) is 3. The van der Waals surface area contributed by atoms with E-state index < -0.39 is 6.43 Å². The quantitative estimate of drug-likeness (QED) is 0.896. The van der Waals surface area contributed by atoms with Gasteiger partial charge in [-0.1, -0.05) is 0 Å². The standard InChI is InChI=1S/C10H13F2N3S/c1-6-5-15-8(3-13-4-9(11)12)7(2)14-10(15)16-6/h5,9,13H,3-4H2,1-2H3. The highest BCUT2D eigenvalue weighted by Gasteiger charge is 2.11. The van der Waals surface area contributed by atoms with Crippen LogP contribution in [-0.4, -0.2) is 22.4 Å². The van der Waals surface area contributed by atoms with Crippen LogP contribution in [0.25, 0.3) is 4.96 Å². The predicted molar refractivity (Wildman–Crippen MR) is 60.3 cm³/mol. The summed E-state index contributed by atoms with van der Waals surface area (Å²) in [6.07, 6.45) is -0.327. The van der Waals surface area contributed by atoms with Crippen molar-refractivity contribution in [1.29, 1.82) is 0 Å². The predicted octanol–water partition coefficient (Wildman–Crippen LogP) is 2.37. The third-order valence-electron chi connectivity index (χ3n) is 2.33. The van der Waals surface area contributed by atoms with E-state index in [1.54, 1.807) is 11.3 Å². The van der Waals surface area contributed by atoms with Gasteiger partial charge in [-0.25, -0.2) is 13.8 Å². The molecule has 2 rings (SSSR count). The highest BCUT2D eigenvalue weighted by atomic mass is 32.1. The smallest absolute Gasteiger partial charge is 0.250 e. The summed E-state index contributed by atoms with van der Waals surface area (Å²) in [4.78, 5) is 6.47. The minimum Gasteiger partial charge on any atom is -0.306 e. The minimum atomic E-state index is -2.31. The second-order valence-corrected chi connectivity index (χ2v) is 4.87. The van der Waals surface area contributed by atoms with Crippen LogP contribution in [0.1, 0.15) is 16.3 Å². The second kappa shape index (κ2) is 4.47. The van der Waals surface area contributed by atoms with Gasteiger partial charge < -0.3 is 5.32 Å². The summed E-state index contributed by atoms with van der Waals surface area (Å²) in [5.74, 6) is 0. The number of nitrogens with one attached hydrogen (secondary N) is 1. The monoisotopic (exact) mass is 245 g/mol. The van der Waals surface area contributed by atoms with Crippen molar-refractivity contribution in [3.8, 4) is 0 Å². The molecule has 0 aliphatic heterocycles. The van der Waals surface area contributed by atoms with Gasteiger partial charge in [0.05, 0.1) is 17.9 Å². The SMILES string of the molecule is Cc1cn2c(CNCC(F)F)c(C)nc2s1. The summed E-state index contributed by atoms with van der Waals surface area (Å²) >= 11 is 1.60. The van der Waals surface area contributed by atoms with Crippen molar-refractivity contribution in [2.24, 2.45) is 0 Å². The highest BCUT2D eigenvalue weighted by Crippen LogP contribution is 2.20. The number of hydrogen-bond donors (Lipinski definition) is 1. The van der Waals surface area contributed by atoms with Crippen LogP contribution in [0.2, 0.25) is 0 Å². The molecule has 0 atom stereocenters. The lowest BCUT2D eigenvalue weighted by Crippen LogP contribution is -2.21. The molecule has 0 fully saturated rings. The first kappa shape index (κ1) is 11.5. The maximum Gasteiger partial charge on any atom is 0.250 e. The molecule has 2 heterocycles. The van der Waals surface area contributed by atoms with E-state index in [1.807, 2.05) is 24.4 Å². The fraction of sp³-hybridized carbons (Fsp3) is 0.500. The molecule has 16 heavy (non-hydrogen) atoms. The number of imidazole rings is 1. The van der Waals surface area contributed by atoms with Gasteiger partial charge in [-0.3, -0.25) is 4.40 Å². The number of alkyl halides is 2. The van der Waals surface area contributed by atoms with Gasteiger partial charge in [-0.15, -0.1) is 11.3 Å². The third-order valence-corrected chi connectivity index (χ3v) is 3.23. The van der Waals surface area contributed by atoms with E-state index in [2.05, 4.69) is 10.3 Å². The number of thiazole rings is 1. The van der Waals surface area contributed by atoms with Crippen molar-refractivity contribution >= 4 is 16.3 Å². The molecule has 2 aromatic heterocycles. The molecule has 0 radical (unpaired) electrons. The van der Waals surface area contributed by atoms with Crippen LogP contribution in [0.5, 0.6) is 0 Å². The Kier molecular flexibility index (Phi) is 3.20. The molecule has 0 unspecified atom stereocenters.